The van der Waals surface area contributed by atoms with Gasteiger partial charge in [-0.3, -0.25) is 4.98 Å². The molecule has 0 spiro atoms. The van der Waals surface area contributed by atoms with Crippen LogP contribution in [-0.2, 0) is 9.47 Å². The molecule has 0 radical (unpaired) electrons. The molecular weight excluding hydrogens is 387 g/mol. The molecule has 1 aliphatic carbocycles. The second kappa shape index (κ2) is 9.00. The zero-order valence-electron chi connectivity index (χ0n) is 18.1. The van der Waals surface area contributed by atoms with Gasteiger partial charge in [0.1, 0.15) is 6.10 Å². The monoisotopic (exact) mass is 416 g/mol. The van der Waals surface area contributed by atoms with Gasteiger partial charge in [0.25, 0.3) is 0 Å². The number of nitrogens with zero attached hydrogens (tertiary/aromatic N) is 1. The summed E-state index contributed by atoms with van der Waals surface area (Å²) >= 11 is 0. The summed E-state index contributed by atoms with van der Waals surface area (Å²) in [7, 11) is 1.44. The fraction of sp³-hybridized carbons (Fsp3) is 0.478. The van der Waals surface area contributed by atoms with E-state index in [2.05, 4.69) is 10.3 Å². The smallest absolute Gasteiger partial charge is 0.407 e. The first-order valence-corrected chi connectivity index (χ1v) is 10.1. The first-order valence-electron chi connectivity index (χ1n) is 10.1. The van der Waals surface area contributed by atoms with Gasteiger partial charge < -0.3 is 19.5 Å². The SMILES string of the molecule is COc1ccc(-c2ccc(C(C)OC3CC(OC(=O)NC(C)(C)C)C3)nc2)cc1F. The molecule has 30 heavy (non-hydrogen) atoms. The molecule has 0 saturated heterocycles. The van der Waals surface area contributed by atoms with Crippen LogP contribution in [0.25, 0.3) is 11.1 Å². The number of ether oxygens (including phenoxy) is 3. The first kappa shape index (κ1) is 22.0. The highest BCUT2D eigenvalue weighted by Crippen LogP contribution is 2.32. The highest BCUT2D eigenvalue weighted by Gasteiger charge is 2.35. The summed E-state index contributed by atoms with van der Waals surface area (Å²) in [5.74, 6) is -0.197. The van der Waals surface area contributed by atoms with Crippen molar-refractivity contribution < 1.29 is 23.4 Å². The fourth-order valence-electron chi connectivity index (χ4n) is 3.23. The van der Waals surface area contributed by atoms with Gasteiger partial charge in [-0.2, -0.15) is 0 Å². The average Bonchev–Trinajstić information content (AvgIpc) is 2.64. The molecule has 1 unspecified atom stereocenters. The van der Waals surface area contributed by atoms with Gasteiger partial charge >= 0.3 is 6.09 Å². The van der Waals surface area contributed by atoms with Gasteiger partial charge in [0, 0.05) is 30.1 Å². The summed E-state index contributed by atoms with van der Waals surface area (Å²) in [5, 5.41) is 2.79. The normalized spacial score (nSPS) is 19.5. The van der Waals surface area contributed by atoms with Crippen LogP contribution in [0.2, 0.25) is 0 Å². The predicted octanol–water partition coefficient (Wildman–Crippen LogP) is 5.03. The number of methoxy groups -OCH3 is 1. The van der Waals surface area contributed by atoms with E-state index in [0.717, 1.165) is 16.8 Å². The van der Waals surface area contributed by atoms with Crippen molar-refractivity contribution in [2.24, 2.45) is 0 Å². The minimum absolute atomic E-state index is 0.0320. The summed E-state index contributed by atoms with van der Waals surface area (Å²) in [4.78, 5) is 16.3. The maximum atomic E-state index is 13.9. The van der Waals surface area contributed by atoms with Gasteiger partial charge in [-0.25, -0.2) is 9.18 Å². The molecule has 6 nitrogen and oxygen atoms in total. The Hall–Kier alpha value is -2.67. The maximum Gasteiger partial charge on any atom is 0.407 e. The Balaban J connectivity index is 1.49. The third-order valence-electron chi connectivity index (χ3n) is 4.89. The van der Waals surface area contributed by atoms with E-state index in [9.17, 15) is 9.18 Å². The highest BCUT2D eigenvalue weighted by atomic mass is 19.1. The Morgan fingerprint density at radius 2 is 1.87 bits per heavy atom. The minimum atomic E-state index is -0.409. The van der Waals surface area contributed by atoms with E-state index in [1.807, 2.05) is 39.8 Å². The second-order valence-corrected chi connectivity index (χ2v) is 8.60. The number of rotatable bonds is 6. The van der Waals surface area contributed by atoms with Crippen molar-refractivity contribution in [2.45, 2.75) is 64.4 Å². The largest absolute Gasteiger partial charge is 0.494 e. The van der Waals surface area contributed by atoms with Gasteiger partial charge in [0.05, 0.1) is 25.0 Å². The number of aromatic nitrogens is 1. The number of benzene rings is 1. The molecule has 1 fully saturated rings. The van der Waals surface area contributed by atoms with E-state index >= 15 is 0 Å². The lowest BCUT2D eigenvalue weighted by atomic mass is 9.91. The first-order chi connectivity index (χ1) is 14.1. The number of hydrogen-bond acceptors (Lipinski definition) is 5. The van der Waals surface area contributed by atoms with E-state index in [0.29, 0.717) is 12.8 Å². The zero-order chi connectivity index (χ0) is 21.9. The number of halogens is 1. The van der Waals surface area contributed by atoms with Gasteiger partial charge in [-0.1, -0.05) is 12.1 Å². The molecule has 0 aliphatic heterocycles. The van der Waals surface area contributed by atoms with Crippen molar-refractivity contribution in [1.29, 1.82) is 0 Å². The van der Waals surface area contributed by atoms with Crippen LogP contribution in [0, 0.1) is 5.82 Å². The lowest BCUT2D eigenvalue weighted by Gasteiger charge is -2.36. The van der Waals surface area contributed by atoms with Crippen molar-refractivity contribution in [3.8, 4) is 16.9 Å². The minimum Gasteiger partial charge on any atom is -0.494 e. The third kappa shape index (κ3) is 5.69. The van der Waals surface area contributed by atoms with Crippen LogP contribution in [0.1, 0.15) is 52.3 Å². The molecule has 7 heteroatoms. The molecule has 1 N–H and O–H groups in total. The number of nitrogens with one attached hydrogen (secondary N) is 1. The summed E-state index contributed by atoms with van der Waals surface area (Å²) in [6.07, 6.45) is 2.37. The molecule has 1 atom stereocenters. The summed E-state index contributed by atoms with van der Waals surface area (Å²) < 4.78 is 30.3. The van der Waals surface area contributed by atoms with E-state index < -0.39 is 11.9 Å². The zero-order valence-corrected chi connectivity index (χ0v) is 18.1. The lowest BCUT2D eigenvalue weighted by Crippen LogP contribution is -2.46. The van der Waals surface area contributed by atoms with Crippen LogP contribution >= 0.6 is 0 Å². The van der Waals surface area contributed by atoms with Crippen LogP contribution in [0.15, 0.2) is 36.5 Å². The Kier molecular flexibility index (Phi) is 6.61. The van der Waals surface area contributed by atoms with Gasteiger partial charge in [0.2, 0.25) is 0 Å². The maximum absolute atomic E-state index is 13.9. The van der Waals surface area contributed by atoms with Gasteiger partial charge in [0.15, 0.2) is 11.6 Å². The van der Waals surface area contributed by atoms with Crippen molar-refractivity contribution in [3.05, 3.63) is 48.0 Å². The molecule has 162 valence electrons. The molecule has 2 aromatic rings. The molecule has 1 heterocycles. The molecule has 1 aromatic heterocycles. The van der Waals surface area contributed by atoms with Crippen molar-refractivity contribution in [3.63, 3.8) is 0 Å². The summed E-state index contributed by atoms with van der Waals surface area (Å²) in [5.41, 5.74) is 2.02. The molecule has 1 amide bonds. The summed E-state index contributed by atoms with van der Waals surface area (Å²) in [6, 6.07) is 8.60. The van der Waals surface area contributed by atoms with Crippen LogP contribution < -0.4 is 10.1 Å². The van der Waals surface area contributed by atoms with Crippen LogP contribution in [0.3, 0.4) is 0 Å². The van der Waals surface area contributed by atoms with Crippen molar-refractivity contribution >= 4 is 6.09 Å². The summed E-state index contributed by atoms with van der Waals surface area (Å²) in [6.45, 7) is 7.67. The van der Waals surface area contributed by atoms with Crippen LogP contribution in [0.4, 0.5) is 9.18 Å². The average molecular weight is 416 g/mol. The quantitative estimate of drug-likeness (QED) is 0.715. The Morgan fingerprint density at radius 3 is 2.43 bits per heavy atom. The number of carbonyl (C=O) groups is 1. The van der Waals surface area contributed by atoms with Gasteiger partial charge in [-0.15, -0.1) is 0 Å². The Morgan fingerprint density at radius 1 is 1.17 bits per heavy atom. The lowest BCUT2D eigenvalue weighted by molar-refractivity contribution is -0.104. The fourth-order valence-corrected chi connectivity index (χ4v) is 3.23. The highest BCUT2D eigenvalue weighted by molar-refractivity contribution is 5.68. The number of hydrogen-bond donors (Lipinski definition) is 1. The number of pyridine rings is 1. The van der Waals surface area contributed by atoms with Gasteiger partial charge in [-0.05, 0) is 51.5 Å². The number of amides is 1. The topological polar surface area (TPSA) is 69.7 Å². The number of carbonyl (C=O) groups excluding carboxylic acids is 1. The van der Waals surface area contributed by atoms with E-state index in [-0.39, 0.29) is 29.6 Å². The second-order valence-electron chi connectivity index (χ2n) is 8.60. The van der Waals surface area contributed by atoms with Crippen molar-refractivity contribution in [2.75, 3.05) is 7.11 Å². The van der Waals surface area contributed by atoms with Crippen LogP contribution in [0.5, 0.6) is 5.75 Å². The molecule has 3 rings (SSSR count). The number of alkyl carbamates (subject to hydrolysis) is 1. The molecule has 1 aromatic carbocycles. The molecule has 1 saturated carbocycles. The standard InChI is InChI=1S/C23H29FN2O4/c1-14(29-17-11-18(12-17)30-22(27)26-23(2,3)4)20-8-6-16(13-25-20)15-7-9-21(28-5)19(24)10-15/h6-10,13-14,17-18H,11-12H2,1-5H3,(H,26,27). The van der Waals surface area contributed by atoms with E-state index in [4.69, 9.17) is 14.2 Å². The molecular formula is C23H29FN2O4. The Bertz CT molecular complexity index is 874. The molecule has 1 aliphatic rings. The predicted molar refractivity (Wildman–Crippen MR) is 112 cm³/mol. The Labute approximate surface area is 176 Å². The van der Waals surface area contributed by atoms with E-state index in [1.54, 1.807) is 18.3 Å². The molecule has 0 bridgehead atoms. The van der Waals surface area contributed by atoms with E-state index in [1.165, 1.54) is 13.2 Å². The van der Waals surface area contributed by atoms with Crippen LogP contribution in [-0.4, -0.2) is 35.9 Å². The third-order valence-corrected chi connectivity index (χ3v) is 4.89. The van der Waals surface area contributed by atoms with Crippen molar-refractivity contribution in [1.82, 2.24) is 10.3 Å².